The monoisotopic (exact) mass is 617 g/mol. The van der Waals surface area contributed by atoms with Gasteiger partial charge in [0.1, 0.15) is 0 Å². The van der Waals surface area contributed by atoms with Crippen LogP contribution in [0.15, 0.2) is 95.9 Å². The largest absolute Gasteiger partial charge is 0.322 e. The van der Waals surface area contributed by atoms with Gasteiger partial charge in [-0.25, -0.2) is 16.8 Å². The minimum absolute atomic E-state index is 0.0232. The van der Waals surface area contributed by atoms with Crippen LogP contribution in [-0.2, 0) is 26.6 Å². The molecule has 4 aromatic rings. The van der Waals surface area contributed by atoms with Crippen LogP contribution in [0.1, 0.15) is 21.5 Å². The van der Waals surface area contributed by atoms with Crippen LogP contribution in [0.25, 0.3) is 0 Å². The first kappa shape index (κ1) is 29.4. The Bertz CT molecular complexity index is 1760. The number of sulfonamides is 2. The zero-order valence-electron chi connectivity index (χ0n) is 21.4. The van der Waals surface area contributed by atoms with Gasteiger partial charge in [0.05, 0.1) is 34.1 Å². The van der Waals surface area contributed by atoms with Gasteiger partial charge < -0.3 is 5.32 Å². The Balaban J connectivity index is 1.43. The number of hydrogen-bond donors (Lipinski definition) is 2. The SMILES string of the molecule is Cc1cccc(N(Cc2ccc(C(=O)Nc3ccc(S(=O)(=O)Nc4ccc(Cl)cc4Cl)cc3)cc2)S(C)(=O)=O)c1. The molecule has 0 bridgehead atoms. The van der Waals surface area contributed by atoms with E-state index in [1.807, 2.05) is 13.0 Å². The predicted molar refractivity (Wildman–Crippen MR) is 160 cm³/mol. The number of aryl methyl sites for hydroxylation is 1. The third kappa shape index (κ3) is 7.33. The van der Waals surface area contributed by atoms with Crippen molar-refractivity contribution in [2.24, 2.45) is 0 Å². The third-order valence-electron chi connectivity index (χ3n) is 5.83. The van der Waals surface area contributed by atoms with Gasteiger partial charge in [0.2, 0.25) is 10.0 Å². The van der Waals surface area contributed by atoms with Crippen molar-refractivity contribution in [2.75, 3.05) is 20.6 Å². The number of amides is 1. The Morgan fingerprint density at radius 2 is 1.52 bits per heavy atom. The Labute approximate surface area is 243 Å². The lowest BCUT2D eigenvalue weighted by molar-refractivity contribution is 0.102. The van der Waals surface area contributed by atoms with E-state index in [2.05, 4.69) is 10.0 Å². The minimum Gasteiger partial charge on any atom is -0.322 e. The molecule has 1 amide bonds. The van der Waals surface area contributed by atoms with Crippen molar-refractivity contribution in [3.8, 4) is 0 Å². The fraction of sp³-hybridized carbons (Fsp3) is 0.107. The lowest BCUT2D eigenvalue weighted by atomic mass is 10.1. The molecular formula is C28H25Cl2N3O5S2. The zero-order chi connectivity index (χ0) is 29.1. The lowest BCUT2D eigenvalue weighted by Gasteiger charge is -2.23. The number of halogens is 2. The molecule has 0 saturated heterocycles. The molecule has 208 valence electrons. The van der Waals surface area contributed by atoms with Gasteiger partial charge in [0, 0.05) is 16.3 Å². The summed E-state index contributed by atoms with van der Waals surface area (Å²) in [6.07, 6.45) is 1.15. The van der Waals surface area contributed by atoms with Gasteiger partial charge in [-0.2, -0.15) is 0 Å². The summed E-state index contributed by atoms with van der Waals surface area (Å²) in [6.45, 7) is 1.99. The standard InChI is InChI=1S/C28H25Cl2N3O5S2/c1-19-4-3-5-24(16-19)33(39(2,35)36)18-20-6-8-21(9-7-20)28(34)31-23-11-13-25(14-12-23)40(37,38)32-27-15-10-22(29)17-26(27)30/h3-17,32H,18H2,1-2H3,(H,31,34). The topological polar surface area (TPSA) is 113 Å². The highest BCUT2D eigenvalue weighted by Crippen LogP contribution is 2.28. The van der Waals surface area contributed by atoms with Crippen LogP contribution in [0.4, 0.5) is 17.1 Å². The second-order valence-corrected chi connectivity index (χ2v) is 13.4. The van der Waals surface area contributed by atoms with Crippen LogP contribution in [0, 0.1) is 6.92 Å². The summed E-state index contributed by atoms with van der Waals surface area (Å²) < 4.78 is 54.1. The van der Waals surface area contributed by atoms with Gasteiger partial charge in [-0.1, -0.05) is 47.5 Å². The number of hydrogen-bond acceptors (Lipinski definition) is 5. The lowest BCUT2D eigenvalue weighted by Crippen LogP contribution is -2.29. The highest BCUT2D eigenvalue weighted by molar-refractivity contribution is 7.92. The Hall–Kier alpha value is -3.57. The van der Waals surface area contributed by atoms with Crippen molar-refractivity contribution in [3.05, 3.63) is 118 Å². The van der Waals surface area contributed by atoms with E-state index in [-0.39, 0.29) is 22.2 Å². The van der Waals surface area contributed by atoms with E-state index in [1.54, 1.807) is 42.5 Å². The second kappa shape index (κ2) is 11.9. The molecule has 4 aromatic carbocycles. The molecule has 0 atom stereocenters. The maximum atomic E-state index is 12.8. The molecule has 8 nitrogen and oxygen atoms in total. The minimum atomic E-state index is -3.93. The summed E-state index contributed by atoms with van der Waals surface area (Å²) in [6, 6.07) is 23.8. The molecular weight excluding hydrogens is 593 g/mol. The number of anilines is 3. The quantitative estimate of drug-likeness (QED) is 0.228. The normalized spacial score (nSPS) is 11.6. The van der Waals surface area contributed by atoms with Gasteiger partial charge in [-0.3, -0.25) is 13.8 Å². The van der Waals surface area contributed by atoms with E-state index in [0.717, 1.165) is 11.8 Å². The molecule has 0 aliphatic rings. The Morgan fingerprint density at radius 1 is 0.850 bits per heavy atom. The van der Waals surface area contributed by atoms with Crippen molar-refractivity contribution in [2.45, 2.75) is 18.4 Å². The first-order chi connectivity index (χ1) is 18.8. The van der Waals surface area contributed by atoms with Crippen molar-refractivity contribution in [1.82, 2.24) is 0 Å². The summed E-state index contributed by atoms with van der Waals surface area (Å²) in [5.41, 5.74) is 3.12. The smallest absolute Gasteiger partial charge is 0.261 e. The van der Waals surface area contributed by atoms with Crippen molar-refractivity contribution in [1.29, 1.82) is 0 Å². The first-order valence-corrected chi connectivity index (χ1v) is 15.9. The van der Waals surface area contributed by atoms with E-state index >= 15 is 0 Å². The van der Waals surface area contributed by atoms with Gasteiger partial charge in [-0.15, -0.1) is 0 Å². The van der Waals surface area contributed by atoms with Crippen LogP contribution in [0.5, 0.6) is 0 Å². The molecule has 12 heteroatoms. The molecule has 0 fully saturated rings. The summed E-state index contributed by atoms with van der Waals surface area (Å²) in [7, 11) is -7.47. The number of nitrogens with zero attached hydrogens (tertiary/aromatic N) is 1. The van der Waals surface area contributed by atoms with Crippen LogP contribution in [0.2, 0.25) is 10.0 Å². The third-order valence-corrected chi connectivity index (χ3v) is 8.90. The molecule has 0 aliphatic heterocycles. The van der Waals surface area contributed by atoms with Gasteiger partial charge in [0.15, 0.2) is 0 Å². The maximum Gasteiger partial charge on any atom is 0.261 e. The van der Waals surface area contributed by atoms with Crippen LogP contribution >= 0.6 is 23.2 Å². The molecule has 0 aromatic heterocycles. The molecule has 0 radical (unpaired) electrons. The molecule has 0 saturated carbocycles. The Kier molecular flexibility index (Phi) is 8.74. The summed E-state index contributed by atoms with van der Waals surface area (Å²) in [4.78, 5) is 12.8. The number of nitrogens with one attached hydrogen (secondary N) is 2. The second-order valence-electron chi connectivity index (χ2n) is 9.01. The van der Waals surface area contributed by atoms with Gasteiger partial charge >= 0.3 is 0 Å². The number of carbonyl (C=O) groups is 1. The van der Waals surface area contributed by atoms with Crippen molar-refractivity contribution < 1.29 is 21.6 Å². The molecule has 40 heavy (non-hydrogen) atoms. The highest BCUT2D eigenvalue weighted by atomic mass is 35.5. The van der Waals surface area contributed by atoms with E-state index in [9.17, 15) is 21.6 Å². The molecule has 0 heterocycles. The average molecular weight is 619 g/mol. The summed E-state index contributed by atoms with van der Waals surface area (Å²) >= 11 is 11.9. The van der Waals surface area contributed by atoms with Crippen molar-refractivity contribution in [3.63, 3.8) is 0 Å². The number of benzene rings is 4. The first-order valence-electron chi connectivity index (χ1n) is 11.8. The predicted octanol–water partition coefficient (Wildman–Crippen LogP) is 6.32. The summed E-state index contributed by atoms with van der Waals surface area (Å²) in [5.74, 6) is -0.410. The maximum absolute atomic E-state index is 12.8. The molecule has 0 spiro atoms. The zero-order valence-corrected chi connectivity index (χ0v) is 24.6. The van der Waals surface area contributed by atoms with E-state index < -0.39 is 26.0 Å². The van der Waals surface area contributed by atoms with Gasteiger partial charge in [0.25, 0.3) is 15.9 Å². The van der Waals surface area contributed by atoms with Crippen LogP contribution < -0.4 is 14.3 Å². The van der Waals surface area contributed by atoms with Gasteiger partial charge in [-0.05, 0) is 84.8 Å². The van der Waals surface area contributed by atoms with Crippen LogP contribution in [-0.4, -0.2) is 29.0 Å². The molecule has 0 aliphatic carbocycles. The van der Waals surface area contributed by atoms with Crippen LogP contribution in [0.3, 0.4) is 0 Å². The highest BCUT2D eigenvalue weighted by Gasteiger charge is 2.19. The van der Waals surface area contributed by atoms with E-state index in [0.29, 0.717) is 27.5 Å². The summed E-state index contributed by atoms with van der Waals surface area (Å²) in [5, 5.41) is 3.26. The molecule has 2 N–H and O–H groups in total. The fourth-order valence-corrected chi connectivity index (χ4v) is 6.28. The number of rotatable bonds is 9. The molecule has 0 unspecified atom stereocenters. The Morgan fingerprint density at radius 3 is 2.12 bits per heavy atom. The van der Waals surface area contributed by atoms with Crippen molar-refractivity contribution >= 4 is 66.2 Å². The average Bonchev–Trinajstić information content (AvgIpc) is 2.89. The molecule has 4 rings (SSSR count). The number of carbonyl (C=O) groups excluding carboxylic acids is 1. The van der Waals surface area contributed by atoms with E-state index in [1.165, 1.54) is 46.8 Å². The van der Waals surface area contributed by atoms with E-state index in [4.69, 9.17) is 23.2 Å². The fourth-order valence-electron chi connectivity index (χ4n) is 3.81.